The Bertz CT molecular complexity index is 808. The van der Waals surface area contributed by atoms with E-state index in [1.54, 1.807) is 23.5 Å². The molecule has 0 atom stereocenters. The zero-order valence-electron chi connectivity index (χ0n) is 13.2. The van der Waals surface area contributed by atoms with Gasteiger partial charge in [0, 0.05) is 28.1 Å². The lowest BCUT2D eigenvalue weighted by molar-refractivity contribution is 0.798. The highest BCUT2D eigenvalue weighted by Gasteiger charge is 2.17. The summed E-state index contributed by atoms with van der Waals surface area (Å²) < 4.78 is 2.14. The van der Waals surface area contributed by atoms with Crippen molar-refractivity contribution in [3.8, 4) is 22.5 Å². The minimum atomic E-state index is 0.742. The lowest BCUT2D eigenvalue weighted by atomic mass is 10.0. The van der Waals surface area contributed by atoms with Crippen LogP contribution in [-0.4, -0.2) is 22.1 Å². The van der Waals surface area contributed by atoms with Gasteiger partial charge in [-0.2, -0.15) is 0 Å². The van der Waals surface area contributed by atoms with Crippen LogP contribution in [0.1, 0.15) is 0 Å². The van der Waals surface area contributed by atoms with E-state index in [-0.39, 0.29) is 0 Å². The Hall–Kier alpha value is -1.36. The van der Waals surface area contributed by atoms with E-state index in [1.807, 2.05) is 24.3 Å². The van der Waals surface area contributed by atoms with Crippen LogP contribution in [0.3, 0.4) is 0 Å². The molecule has 0 amide bonds. The minimum absolute atomic E-state index is 0.742. The van der Waals surface area contributed by atoms with Crippen LogP contribution in [0.4, 0.5) is 0 Å². The molecule has 0 unspecified atom stereocenters. The van der Waals surface area contributed by atoms with Crippen molar-refractivity contribution in [1.29, 1.82) is 0 Å². The zero-order valence-corrected chi connectivity index (χ0v) is 15.6. The van der Waals surface area contributed by atoms with Crippen molar-refractivity contribution in [3.05, 3.63) is 53.6 Å². The predicted molar refractivity (Wildman–Crippen MR) is 103 cm³/mol. The molecule has 1 heterocycles. The lowest BCUT2D eigenvalue weighted by Crippen LogP contribution is -1.94. The van der Waals surface area contributed by atoms with Crippen molar-refractivity contribution in [2.75, 3.05) is 12.5 Å². The second-order valence-corrected chi connectivity index (χ2v) is 7.18. The molecule has 0 radical (unpaired) electrons. The van der Waals surface area contributed by atoms with E-state index in [1.165, 1.54) is 4.90 Å². The van der Waals surface area contributed by atoms with Gasteiger partial charge in [0.15, 0.2) is 5.16 Å². The summed E-state index contributed by atoms with van der Waals surface area (Å²) in [6, 6.07) is 16.5. The molecule has 0 saturated heterocycles. The Kier molecular flexibility index (Phi) is 5.05. The van der Waals surface area contributed by atoms with Gasteiger partial charge in [-0.1, -0.05) is 47.6 Å². The molecule has 0 aliphatic rings. The maximum Gasteiger partial charge on any atom is 0.168 e. The lowest BCUT2D eigenvalue weighted by Gasteiger charge is -2.08. The molecule has 0 aliphatic heterocycles. The topological polar surface area (TPSA) is 17.8 Å². The number of imidazole rings is 1. The van der Waals surface area contributed by atoms with Crippen LogP contribution < -0.4 is 0 Å². The largest absolute Gasteiger partial charge is 0.322 e. The summed E-state index contributed by atoms with van der Waals surface area (Å²) in [4.78, 5) is 6.09. The normalized spacial score (nSPS) is 11.0. The molecule has 0 bridgehead atoms. The molecule has 3 aromatic rings. The number of thioether (sulfide) groups is 2. The van der Waals surface area contributed by atoms with Crippen LogP contribution >= 0.6 is 35.1 Å². The van der Waals surface area contributed by atoms with Crippen molar-refractivity contribution >= 4 is 35.1 Å². The van der Waals surface area contributed by atoms with Crippen LogP contribution in [0.5, 0.6) is 0 Å². The molecule has 3 rings (SSSR count). The third-order valence-corrected chi connectivity index (χ3v) is 5.44. The Balaban J connectivity index is 2.17. The molecule has 2 aromatic carbocycles. The van der Waals surface area contributed by atoms with Gasteiger partial charge in [-0.25, -0.2) is 4.98 Å². The maximum absolute atomic E-state index is 6.03. The number of hydrogen-bond acceptors (Lipinski definition) is 3. The maximum atomic E-state index is 6.03. The smallest absolute Gasteiger partial charge is 0.168 e. The molecule has 0 fully saturated rings. The van der Waals surface area contributed by atoms with Gasteiger partial charge >= 0.3 is 0 Å². The summed E-state index contributed by atoms with van der Waals surface area (Å²) in [5, 5.41) is 1.74. The van der Waals surface area contributed by atoms with Crippen LogP contribution in [0.15, 0.2) is 58.6 Å². The van der Waals surface area contributed by atoms with Crippen molar-refractivity contribution in [3.63, 3.8) is 0 Å². The highest BCUT2D eigenvalue weighted by atomic mass is 35.5. The van der Waals surface area contributed by atoms with Crippen molar-refractivity contribution < 1.29 is 0 Å². The van der Waals surface area contributed by atoms with Gasteiger partial charge in [0.25, 0.3) is 0 Å². The number of halogens is 1. The van der Waals surface area contributed by atoms with Gasteiger partial charge < -0.3 is 4.57 Å². The molecule has 1 aromatic heterocycles. The number of rotatable bonds is 4. The highest BCUT2D eigenvalue weighted by molar-refractivity contribution is 7.98. The van der Waals surface area contributed by atoms with Gasteiger partial charge in [0.2, 0.25) is 0 Å². The van der Waals surface area contributed by atoms with Gasteiger partial charge in [-0.05, 0) is 36.8 Å². The first kappa shape index (κ1) is 16.5. The van der Waals surface area contributed by atoms with Crippen molar-refractivity contribution in [2.24, 2.45) is 7.05 Å². The summed E-state index contributed by atoms with van der Waals surface area (Å²) in [6.45, 7) is 0. The highest BCUT2D eigenvalue weighted by Crippen LogP contribution is 2.35. The first-order valence-corrected chi connectivity index (χ1v) is 9.98. The second kappa shape index (κ2) is 7.04. The monoisotopic (exact) mass is 360 g/mol. The molecule has 118 valence electrons. The van der Waals surface area contributed by atoms with Gasteiger partial charge in [-0.15, -0.1) is 11.8 Å². The molecular formula is C18H17ClN2S2. The molecular weight excluding hydrogens is 344 g/mol. The summed E-state index contributed by atoms with van der Waals surface area (Å²) in [5.41, 5.74) is 4.37. The third-order valence-electron chi connectivity index (χ3n) is 3.72. The fraction of sp³-hybridized carbons (Fsp3) is 0.167. The zero-order chi connectivity index (χ0) is 16.4. The Labute approximate surface area is 150 Å². The minimum Gasteiger partial charge on any atom is -0.322 e. The molecule has 5 heteroatoms. The van der Waals surface area contributed by atoms with E-state index in [2.05, 4.69) is 48.4 Å². The molecule has 23 heavy (non-hydrogen) atoms. The average Bonchev–Trinajstić information content (AvgIpc) is 2.92. The average molecular weight is 361 g/mol. The Morgan fingerprint density at radius 1 is 0.870 bits per heavy atom. The summed E-state index contributed by atoms with van der Waals surface area (Å²) >= 11 is 9.43. The molecule has 0 spiro atoms. The molecule has 0 aliphatic carbocycles. The third kappa shape index (κ3) is 3.30. The number of hydrogen-bond donors (Lipinski definition) is 0. The van der Waals surface area contributed by atoms with E-state index in [0.29, 0.717) is 0 Å². The van der Waals surface area contributed by atoms with Crippen LogP contribution in [-0.2, 0) is 7.05 Å². The fourth-order valence-electron chi connectivity index (χ4n) is 2.55. The summed E-state index contributed by atoms with van der Waals surface area (Å²) in [5.74, 6) is 0. The first-order valence-electron chi connectivity index (χ1n) is 7.15. The Morgan fingerprint density at radius 2 is 1.48 bits per heavy atom. The standard InChI is InChI=1S/C18H17ClN2S2/c1-21-17(13-4-8-14(19)9-5-13)16(20-18(21)23-3)12-6-10-15(22-2)11-7-12/h4-11H,1-3H3. The van der Waals surface area contributed by atoms with Crippen LogP contribution in [0.25, 0.3) is 22.5 Å². The quantitative estimate of drug-likeness (QED) is 0.543. The van der Waals surface area contributed by atoms with Crippen molar-refractivity contribution in [1.82, 2.24) is 9.55 Å². The van der Waals surface area contributed by atoms with Gasteiger partial charge in [-0.3, -0.25) is 0 Å². The summed E-state index contributed by atoms with van der Waals surface area (Å²) in [7, 11) is 2.06. The van der Waals surface area contributed by atoms with E-state index in [0.717, 1.165) is 32.7 Å². The number of nitrogens with zero attached hydrogens (tertiary/aromatic N) is 2. The van der Waals surface area contributed by atoms with Gasteiger partial charge in [0.1, 0.15) is 0 Å². The van der Waals surface area contributed by atoms with E-state index >= 15 is 0 Å². The number of benzene rings is 2. The van der Waals surface area contributed by atoms with Crippen molar-refractivity contribution in [2.45, 2.75) is 10.1 Å². The molecule has 2 nitrogen and oxygen atoms in total. The SMILES string of the molecule is CSc1ccc(-c2nc(SC)n(C)c2-c2ccc(Cl)cc2)cc1. The van der Waals surface area contributed by atoms with E-state index in [9.17, 15) is 0 Å². The first-order chi connectivity index (χ1) is 11.1. The van der Waals surface area contributed by atoms with Crippen LogP contribution in [0, 0.1) is 0 Å². The fourth-order valence-corrected chi connectivity index (χ4v) is 3.63. The molecule has 0 N–H and O–H groups in total. The van der Waals surface area contributed by atoms with E-state index < -0.39 is 0 Å². The van der Waals surface area contributed by atoms with Gasteiger partial charge in [0.05, 0.1) is 11.4 Å². The van der Waals surface area contributed by atoms with Crippen LogP contribution in [0.2, 0.25) is 5.02 Å². The van der Waals surface area contributed by atoms with E-state index in [4.69, 9.17) is 16.6 Å². The number of aromatic nitrogens is 2. The summed E-state index contributed by atoms with van der Waals surface area (Å²) in [6.07, 6.45) is 4.13. The Morgan fingerprint density at radius 3 is 2.04 bits per heavy atom. The molecule has 0 saturated carbocycles. The predicted octanol–water partition coefficient (Wildman–Crippen LogP) is 5.85. The second-order valence-electron chi connectivity index (χ2n) is 5.09.